The second-order valence-corrected chi connectivity index (χ2v) is 9.46. The summed E-state index contributed by atoms with van der Waals surface area (Å²) in [5.41, 5.74) is 11.4. The second-order valence-electron chi connectivity index (χ2n) is 9.46. The summed E-state index contributed by atoms with van der Waals surface area (Å²) in [5, 5.41) is 44.0. The predicted molar refractivity (Wildman–Crippen MR) is 123 cm³/mol. The molecule has 0 heterocycles. The third-order valence-electron chi connectivity index (χ3n) is 7.15. The summed E-state index contributed by atoms with van der Waals surface area (Å²) < 4.78 is 0. The van der Waals surface area contributed by atoms with Crippen LogP contribution in [0.15, 0.2) is 23.0 Å². The number of benzene rings is 1. The van der Waals surface area contributed by atoms with Crippen molar-refractivity contribution in [3.05, 3.63) is 34.1 Å². The number of aromatic hydroxyl groups is 1. The van der Waals surface area contributed by atoms with E-state index >= 15 is 0 Å². The van der Waals surface area contributed by atoms with E-state index in [1.807, 2.05) is 0 Å². The standard InChI is InChI=1S/C23H28N4O7/c1-26(2)10-6-9(24)18(29)11-7(10)5-8-12(19(11)30)20(31)14-13(17(8)28)16(27(3)4)22(33)15(21(14)32)23(25)34/h6,8,13-14,16-17,28-30,33H,5,24H2,1-4H3,(H2,25,34)/t8?,13?,14?,16-,17-/m0/s1. The number of likely N-dealkylation sites (N-methyl/N-ethyl adjacent to an activating group) is 1. The van der Waals surface area contributed by atoms with Crippen LogP contribution in [0.5, 0.6) is 5.75 Å². The SMILES string of the molecule is CN(C)c1cc(N)c(O)c2c1CC1C(=C2O)C(=O)C2C(=O)C(C(N)=O)=C(O)[C@@H](N(C)C)C2[C@H]1O. The van der Waals surface area contributed by atoms with Crippen LogP contribution in [0.3, 0.4) is 0 Å². The molecule has 0 aromatic heterocycles. The van der Waals surface area contributed by atoms with Crippen molar-refractivity contribution in [3.63, 3.8) is 0 Å². The number of anilines is 2. The van der Waals surface area contributed by atoms with E-state index < -0.39 is 70.2 Å². The molecular weight excluding hydrogens is 444 g/mol. The van der Waals surface area contributed by atoms with E-state index in [4.69, 9.17) is 11.5 Å². The zero-order valence-corrected chi connectivity index (χ0v) is 19.2. The quantitative estimate of drug-likeness (QED) is 0.144. The average Bonchev–Trinajstić information content (AvgIpc) is 2.72. The normalized spacial score (nSPS) is 28.6. The third-order valence-corrected chi connectivity index (χ3v) is 7.15. The zero-order chi connectivity index (χ0) is 25.4. The largest absolute Gasteiger partial charge is 0.510 e. The van der Waals surface area contributed by atoms with E-state index in [1.165, 1.54) is 11.0 Å². The lowest BCUT2D eigenvalue weighted by molar-refractivity contribution is -0.143. The maximum Gasteiger partial charge on any atom is 0.255 e. The number of carbonyl (C=O) groups is 3. The van der Waals surface area contributed by atoms with E-state index in [1.54, 1.807) is 33.1 Å². The fourth-order valence-electron chi connectivity index (χ4n) is 5.72. The Kier molecular flexibility index (Phi) is 5.37. The number of hydrogen-bond acceptors (Lipinski definition) is 10. The molecule has 0 radical (unpaired) electrons. The van der Waals surface area contributed by atoms with Crippen LogP contribution in [0.1, 0.15) is 11.1 Å². The zero-order valence-electron chi connectivity index (χ0n) is 19.2. The molecule has 3 aliphatic carbocycles. The third kappa shape index (κ3) is 3.00. The topological polar surface area (TPSA) is 191 Å². The molecule has 1 amide bonds. The number of phenolic OH excluding ortho intramolecular Hbond substituents is 1. The highest BCUT2D eigenvalue weighted by atomic mass is 16.3. The van der Waals surface area contributed by atoms with E-state index in [-0.39, 0.29) is 23.2 Å². The lowest BCUT2D eigenvalue weighted by Crippen LogP contribution is -2.61. The molecule has 11 nitrogen and oxygen atoms in total. The van der Waals surface area contributed by atoms with Crippen LogP contribution in [0.25, 0.3) is 5.76 Å². The van der Waals surface area contributed by atoms with Crippen LogP contribution < -0.4 is 16.4 Å². The molecule has 1 aromatic carbocycles. The Morgan fingerprint density at radius 2 is 1.71 bits per heavy atom. The first-order valence-corrected chi connectivity index (χ1v) is 10.7. The van der Waals surface area contributed by atoms with Crippen molar-refractivity contribution < 1.29 is 34.8 Å². The van der Waals surface area contributed by atoms with Gasteiger partial charge in [-0.2, -0.15) is 0 Å². The first-order valence-electron chi connectivity index (χ1n) is 10.7. The van der Waals surface area contributed by atoms with Crippen LogP contribution in [0.2, 0.25) is 0 Å². The Morgan fingerprint density at radius 3 is 2.24 bits per heavy atom. The van der Waals surface area contributed by atoms with Gasteiger partial charge in [0.1, 0.15) is 22.8 Å². The number of ketones is 2. The van der Waals surface area contributed by atoms with Gasteiger partial charge in [-0.3, -0.25) is 19.3 Å². The Balaban J connectivity index is 1.99. The summed E-state index contributed by atoms with van der Waals surface area (Å²) >= 11 is 0. The smallest absolute Gasteiger partial charge is 0.255 e. The highest BCUT2D eigenvalue weighted by Gasteiger charge is 2.59. The molecule has 11 heteroatoms. The number of fused-ring (bicyclic) bond motifs is 3. The number of rotatable bonds is 3. The number of amides is 1. The van der Waals surface area contributed by atoms with Gasteiger partial charge in [0.2, 0.25) is 0 Å². The number of hydrogen-bond donors (Lipinski definition) is 6. The summed E-state index contributed by atoms with van der Waals surface area (Å²) in [6, 6.07) is 0.495. The first-order chi connectivity index (χ1) is 15.8. The minimum Gasteiger partial charge on any atom is -0.510 e. The predicted octanol–water partition coefficient (Wildman–Crippen LogP) is -0.532. The van der Waals surface area contributed by atoms with E-state index in [9.17, 15) is 34.8 Å². The Hall–Kier alpha value is -3.57. The van der Waals surface area contributed by atoms with Crippen molar-refractivity contribution in [1.29, 1.82) is 0 Å². The molecule has 0 saturated heterocycles. The molecule has 8 N–H and O–H groups in total. The lowest BCUT2D eigenvalue weighted by Gasteiger charge is -2.49. The lowest BCUT2D eigenvalue weighted by atomic mass is 9.58. The Morgan fingerprint density at radius 1 is 1.09 bits per heavy atom. The number of aliphatic hydroxyl groups is 3. The molecule has 34 heavy (non-hydrogen) atoms. The highest BCUT2D eigenvalue weighted by Crippen LogP contribution is 2.52. The van der Waals surface area contributed by atoms with Gasteiger partial charge in [0.15, 0.2) is 11.6 Å². The number of phenols is 1. The molecule has 1 fully saturated rings. The fraction of sp³-hybridized carbons (Fsp3) is 0.435. The van der Waals surface area contributed by atoms with Gasteiger partial charge in [0.25, 0.3) is 5.91 Å². The minimum atomic E-state index is -1.55. The summed E-state index contributed by atoms with van der Waals surface area (Å²) in [6.07, 6.45) is -1.29. The van der Waals surface area contributed by atoms with Gasteiger partial charge < -0.3 is 36.8 Å². The van der Waals surface area contributed by atoms with E-state index in [0.29, 0.717) is 11.3 Å². The molecule has 3 aliphatic rings. The number of nitrogens with zero attached hydrogens (tertiary/aromatic N) is 2. The monoisotopic (exact) mass is 472 g/mol. The summed E-state index contributed by atoms with van der Waals surface area (Å²) in [6.45, 7) is 0. The second kappa shape index (κ2) is 7.74. The van der Waals surface area contributed by atoms with Crippen LogP contribution in [0.4, 0.5) is 11.4 Å². The van der Waals surface area contributed by atoms with Gasteiger partial charge in [-0.1, -0.05) is 0 Å². The summed E-state index contributed by atoms with van der Waals surface area (Å²) in [5.74, 6) is -8.14. The number of nitrogens with two attached hydrogens (primary N) is 2. The van der Waals surface area contributed by atoms with Crippen molar-refractivity contribution in [2.24, 2.45) is 23.5 Å². The van der Waals surface area contributed by atoms with Crippen molar-refractivity contribution in [2.45, 2.75) is 18.6 Å². The molecule has 5 atom stereocenters. The molecule has 182 valence electrons. The van der Waals surface area contributed by atoms with Crippen molar-refractivity contribution in [2.75, 3.05) is 38.8 Å². The molecule has 4 rings (SSSR count). The molecular formula is C23H28N4O7. The van der Waals surface area contributed by atoms with Gasteiger partial charge in [-0.05, 0) is 32.1 Å². The van der Waals surface area contributed by atoms with Gasteiger partial charge in [-0.25, -0.2) is 0 Å². The average molecular weight is 472 g/mol. The van der Waals surface area contributed by atoms with E-state index in [2.05, 4.69) is 0 Å². The molecule has 0 bridgehead atoms. The first kappa shape index (κ1) is 23.6. The van der Waals surface area contributed by atoms with Crippen LogP contribution in [0, 0.1) is 17.8 Å². The maximum atomic E-state index is 13.7. The van der Waals surface area contributed by atoms with Gasteiger partial charge in [-0.15, -0.1) is 0 Å². The number of Topliss-reactive ketones (excluding diaryl/α,β-unsaturated/α-hetero) is 2. The van der Waals surface area contributed by atoms with Crippen molar-refractivity contribution >= 4 is 34.6 Å². The minimum absolute atomic E-state index is 0.0139. The fourth-order valence-corrected chi connectivity index (χ4v) is 5.72. The number of carbonyl (C=O) groups excluding carboxylic acids is 3. The highest BCUT2D eigenvalue weighted by molar-refractivity contribution is 6.28. The van der Waals surface area contributed by atoms with Crippen LogP contribution in [-0.2, 0) is 20.8 Å². The Labute approximate surface area is 195 Å². The number of nitrogen functional groups attached to an aromatic ring is 1. The molecule has 1 aromatic rings. The molecule has 3 unspecified atom stereocenters. The Bertz CT molecular complexity index is 1200. The van der Waals surface area contributed by atoms with Gasteiger partial charge >= 0.3 is 0 Å². The van der Waals surface area contributed by atoms with Crippen LogP contribution >= 0.6 is 0 Å². The summed E-state index contributed by atoms with van der Waals surface area (Å²) in [7, 11) is 6.65. The molecule has 0 aliphatic heterocycles. The summed E-state index contributed by atoms with van der Waals surface area (Å²) in [4.78, 5) is 42.1. The molecule has 1 saturated carbocycles. The molecule has 0 spiro atoms. The van der Waals surface area contributed by atoms with Gasteiger partial charge in [0, 0.05) is 37.2 Å². The van der Waals surface area contributed by atoms with Crippen molar-refractivity contribution in [1.82, 2.24) is 4.90 Å². The van der Waals surface area contributed by atoms with Gasteiger partial charge in [0.05, 0.1) is 29.3 Å². The van der Waals surface area contributed by atoms with Crippen molar-refractivity contribution in [3.8, 4) is 5.75 Å². The van der Waals surface area contributed by atoms with E-state index in [0.717, 1.165) is 0 Å². The maximum absolute atomic E-state index is 13.7. The number of aliphatic hydroxyl groups excluding tert-OH is 3. The van der Waals surface area contributed by atoms with Crippen LogP contribution in [-0.4, -0.2) is 83.1 Å². The number of primary amides is 1.